The Morgan fingerprint density at radius 3 is 2.61 bits per heavy atom. The highest BCUT2D eigenvalue weighted by molar-refractivity contribution is 5.77. The summed E-state index contributed by atoms with van der Waals surface area (Å²) in [6.07, 6.45) is 2.33. The number of carbonyl (C=O) groups excluding carboxylic acids is 1. The van der Waals surface area contributed by atoms with Gasteiger partial charge in [0.05, 0.1) is 31.3 Å². The molecule has 28 heavy (non-hydrogen) atoms. The number of hydrogen-bond acceptors (Lipinski definition) is 4. The van der Waals surface area contributed by atoms with Gasteiger partial charge in [0.2, 0.25) is 5.91 Å². The lowest BCUT2D eigenvalue weighted by atomic mass is 10.3. The van der Waals surface area contributed by atoms with E-state index in [4.69, 9.17) is 9.47 Å². The van der Waals surface area contributed by atoms with E-state index in [-0.39, 0.29) is 5.91 Å². The highest BCUT2D eigenvalue weighted by Gasteiger charge is 2.11. The van der Waals surface area contributed by atoms with Crippen LogP contribution in [0, 0.1) is 0 Å². The van der Waals surface area contributed by atoms with Crippen molar-refractivity contribution < 1.29 is 14.3 Å². The molecule has 0 fully saturated rings. The molecule has 3 rings (SSSR count). The minimum absolute atomic E-state index is 0.0313. The first kappa shape index (κ1) is 19.7. The number of unbranched alkanes of at least 4 members (excludes halogenated alkanes) is 1. The highest BCUT2D eigenvalue weighted by Crippen LogP contribution is 2.26. The Kier molecular flexibility index (Phi) is 6.89. The Bertz CT molecular complexity index is 920. The molecule has 0 unspecified atom stereocenters. The number of imidazole rings is 1. The minimum atomic E-state index is 0.0313. The van der Waals surface area contributed by atoms with E-state index < -0.39 is 0 Å². The number of fused-ring (bicyclic) bond motifs is 1. The molecule has 2 aromatic carbocycles. The summed E-state index contributed by atoms with van der Waals surface area (Å²) in [5.74, 6) is 2.43. The average Bonchev–Trinajstić information content (AvgIpc) is 3.09. The molecule has 1 heterocycles. The largest absolute Gasteiger partial charge is 0.493 e. The number of nitrogens with one attached hydrogen (secondary N) is 1. The molecule has 0 spiro atoms. The van der Waals surface area contributed by atoms with Crippen molar-refractivity contribution in [3.63, 3.8) is 0 Å². The summed E-state index contributed by atoms with van der Waals surface area (Å²) in [6.45, 7) is 3.74. The summed E-state index contributed by atoms with van der Waals surface area (Å²) in [7, 11) is 1.64. The van der Waals surface area contributed by atoms with Gasteiger partial charge in [0.25, 0.3) is 0 Å². The first-order valence-corrected chi connectivity index (χ1v) is 9.69. The van der Waals surface area contributed by atoms with Crippen LogP contribution < -0.4 is 14.8 Å². The van der Waals surface area contributed by atoms with Gasteiger partial charge in [-0.3, -0.25) is 4.79 Å². The van der Waals surface area contributed by atoms with Gasteiger partial charge in [-0.05, 0) is 37.1 Å². The Labute approximate surface area is 165 Å². The van der Waals surface area contributed by atoms with Crippen LogP contribution in [0.25, 0.3) is 11.0 Å². The maximum Gasteiger partial charge on any atom is 0.220 e. The van der Waals surface area contributed by atoms with Crippen molar-refractivity contribution in [2.24, 2.45) is 0 Å². The number of benzene rings is 2. The van der Waals surface area contributed by atoms with E-state index in [2.05, 4.69) is 20.9 Å². The third-order valence-electron chi connectivity index (χ3n) is 4.60. The average molecular weight is 381 g/mol. The number of para-hydroxylation sites is 4. The lowest BCUT2D eigenvalue weighted by Gasteiger charge is -2.12. The van der Waals surface area contributed by atoms with Crippen LogP contribution in [-0.2, 0) is 17.9 Å². The molecule has 148 valence electrons. The smallest absolute Gasteiger partial charge is 0.220 e. The molecular weight excluding hydrogens is 354 g/mol. The van der Waals surface area contributed by atoms with Crippen LogP contribution >= 0.6 is 0 Å². The van der Waals surface area contributed by atoms with E-state index in [9.17, 15) is 4.79 Å². The Morgan fingerprint density at radius 1 is 1.07 bits per heavy atom. The molecule has 6 heteroatoms. The lowest BCUT2D eigenvalue weighted by molar-refractivity contribution is -0.120. The molecule has 0 aliphatic carbocycles. The molecular formula is C22H27N3O3. The molecule has 0 saturated carbocycles. The van der Waals surface area contributed by atoms with Crippen LogP contribution in [0.2, 0.25) is 0 Å². The predicted molar refractivity (Wildman–Crippen MR) is 110 cm³/mol. The van der Waals surface area contributed by atoms with Crippen LogP contribution in [0.15, 0.2) is 48.5 Å². The summed E-state index contributed by atoms with van der Waals surface area (Å²) in [5, 5.41) is 2.92. The number of aromatic nitrogens is 2. The summed E-state index contributed by atoms with van der Waals surface area (Å²) in [6, 6.07) is 15.7. The zero-order valence-electron chi connectivity index (χ0n) is 16.5. The van der Waals surface area contributed by atoms with Gasteiger partial charge in [0.15, 0.2) is 11.5 Å². The van der Waals surface area contributed by atoms with Gasteiger partial charge in [-0.25, -0.2) is 4.98 Å². The summed E-state index contributed by atoms with van der Waals surface area (Å²) < 4.78 is 13.3. The standard InChI is InChI=1S/C22H27N3O3/c1-3-22(26)23-16-21-24-17-10-4-5-11-18(17)25(21)14-8-9-15-28-20-13-7-6-12-19(20)27-2/h4-7,10-13H,3,8-9,14-16H2,1-2H3,(H,23,26). The normalized spacial score (nSPS) is 10.8. The predicted octanol–water partition coefficient (Wildman–Crippen LogP) is 3.93. The fraction of sp³-hybridized carbons (Fsp3) is 0.364. The molecule has 0 aliphatic rings. The van der Waals surface area contributed by atoms with E-state index in [1.54, 1.807) is 7.11 Å². The second kappa shape index (κ2) is 9.78. The van der Waals surface area contributed by atoms with Crippen molar-refractivity contribution in [3.8, 4) is 11.5 Å². The van der Waals surface area contributed by atoms with Crippen molar-refractivity contribution in [2.45, 2.75) is 39.3 Å². The molecule has 1 N–H and O–H groups in total. The molecule has 0 atom stereocenters. The first-order chi connectivity index (χ1) is 13.7. The fourth-order valence-corrected chi connectivity index (χ4v) is 3.10. The number of aryl methyl sites for hydroxylation is 1. The van der Waals surface area contributed by atoms with Gasteiger partial charge < -0.3 is 19.4 Å². The minimum Gasteiger partial charge on any atom is -0.493 e. The molecule has 3 aromatic rings. The number of methoxy groups -OCH3 is 1. The number of rotatable bonds is 10. The lowest BCUT2D eigenvalue weighted by Crippen LogP contribution is -2.23. The second-order valence-corrected chi connectivity index (χ2v) is 6.51. The molecule has 1 aromatic heterocycles. The van der Waals surface area contributed by atoms with E-state index in [1.807, 2.05) is 49.4 Å². The molecule has 0 radical (unpaired) electrons. The van der Waals surface area contributed by atoms with E-state index in [1.165, 1.54) is 0 Å². The van der Waals surface area contributed by atoms with Gasteiger partial charge in [-0.2, -0.15) is 0 Å². The van der Waals surface area contributed by atoms with Crippen molar-refractivity contribution >= 4 is 16.9 Å². The Balaban J connectivity index is 1.59. The van der Waals surface area contributed by atoms with Gasteiger partial charge in [-0.1, -0.05) is 31.2 Å². The van der Waals surface area contributed by atoms with Crippen LogP contribution in [-0.4, -0.2) is 29.2 Å². The third kappa shape index (κ3) is 4.82. The summed E-state index contributed by atoms with van der Waals surface area (Å²) in [5.41, 5.74) is 2.04. The third-order valence-corrected chi connectivity index (χ3v) is 4.60. The Morgan fingerprint density at radius 2 is 1.82 bits per heavy atom. The van der Waals surface area contributed by atoms with Crippen LogP contribution in [0.4, 0.5) is 0 Å². The zero-order chi connectivity index (χ0) is 19.8. The van der Waals surface area contributed by atoms with E-state index in [0.29, 0.717) is 19.6 Å². The number of carbonyl (C=O) groups is 1. The van der Waals surface area contributed by atoms with Gasteiger partial charge >= 0.3 is 0 Å². The van der Waals surface area contributed by atoms with Crippen molar-refractivity contribution in [1.82, 2.24) is 14.9 Å². The number of nitrogens with zero attached hydrogens (tertiary/aromatic N) is 2. The quantitative estimate of drug-likeness (QED) is 0.541. The maximum atomic E-state index is 11.6. The molecule has 0 saturated heterocycles. The molecule has 1 amide bonds. The monoisotopic (exact) mass is 381 g/mol. The fourth-order valence-electron chi connectivity index (χ4n) is 3.10. The van der Waals surface area contributed by atoms with E-state index >= 15 is 0 Å². The molecule has 6 nitrogen and oxygen atoms in total. The van der Waals surface area contributed by atoms with Crippen molar-refractivity contribution in [2.75, 3.05) is 13.7 Å². The number of amides is 1. The summed E-state index contributed by atoms with van der Waals surface area (Å²) in [4.78, 5) is 16.3. The van der Waals surface area contributed by atoms with Gasteiger partial charge in [0, 0.05) is 13.0 Å². The van der Waals surface area contributed by atoms with Gasteiger partial charge in [0.1, 0.15) is 5.82 Å². The second-order valence-electron chi connectivity index (χ2n) is 6.51. The topological polar surface area (TPSA) is 65.4 Å². The van der Waals surface area contributed by atoms with Crippen molar-refractivity contribution in [1.29, 1.82) is 0 Å². The highest BCUT2D eigenvalue weighted by atomic mass is 16.5. The van der Waals surface area contributed by atoms with E-state index in [0.717, 1.165) is 47.7 Å². The number of hydrogen-bond donors (Lipinski definition) is 1. The molecule has 0 aliphatic heterocycles. The Hall–Kier alpha value is -3.02. The zero-order valence-corrected chi connectivity index (χ0v) is 16.5. The molecule has 0 bridgehead atoms. The number of ether oxygens (including phenoxy) is 2. The van der Waals surface area contributed by atoms with Crippen LogP contribution in [0.5, 0.6) is 11.5 Å². The van der Waals surface area contributed by atoms with Crippen molar-refractivity contribution in [3.05, 3.63) is 54.4 Å². The SMILES string of the molecule is CCC(=O)NCc1nc2ccccc2n1CCCCOc1ccccc1OC. The van der Waals surface area contributed by atoms with Crippen LogP contribution in [0.3, 0.4) is 0 Å². The van der Waals surface area contributed by atoms with Gasteiger partial charge in [-0.15, -0.1) is 0 Å². The maximum absolute atomic E-state index is 11.6. The first-order valence-electron chi connectivity index (χ1n) is 9.69. The summed E-state index contributed by atoms with van der Waals surface area (Å²) >= 11 is 0. The van der Waals surface area contributed by atoms with Crippen LogP contribution in [0.1, 0.15) is 32.0 Å².